The third-order valence-electron chi connectivity index (χ3n) is 6.23. The number of hydrazine groups is 1. The molecule has 1 aromatic heterocycles. The van der Waals surface area contributed by atoms with Crippen molar-refractivity contribution >= 4 is 11.0 Å². The lowest BCUT2D eigenvalue weighted by molar-refractivity contribution is 0.0878. The number of piperidine rings is 1. The topological polar surface area (TPSA) is 58.9 Å². The van der Waals surface area contributed by atoms with Crippen molar-refractivity contribution in [3.63, 3.8) is 0 Å². The zero-order chi connectivity index (χ0) is 20.3. The summed E-state index contributed by atoms with van der Waals surface area (Å²) in [4.78, 5) is 2.55. The minimum absolute atomic E-state index is 0.194. The van der Waals surface area contributed by atoms with Crippen LogP contribution in [-0.2, 0) is 0 Å². The van der Waals surface area contributed by atoms with Crippen LogP contribution in [0.3, 0.4) is 0 Å². The molecule has 6 nitrogen and oxygen atoms in total. The molecule has 0 aliphatic carbocycles. The Hall–Kier alpha value is -2.54. The fourth-order valence-corrected chi connectivity index (χ4v) is 4.60. The third kappa shape index (κ3) is 4.03. The monoisotopic (exact) mass is 407 g/mol. The Bertz CT molecular complexity index is 947. The van der Waals surface area contributed by atoms with Gasteiger partial charge < -0.3 is 18.8 Å². The summed E-state index contributed by atoms with van der Waals surface area (Å²) < 4.78 is 17.8. The maximum atomic E-state index is 6.23. The molecule has 2 aliphatic heterocycles. The molecule has 30 heavy (non-hydrogen) atoms. The summed E-state index contributed by atoms with van der Waals surface area (Å²) in [5.41, 5.74) is 7.71. The summed E-state index contributed by atoms with van der Waals surface area (Å²) in [6.45, 7) is 4.08. The third-order valence-corrected chi connectivity index (χ3v) is 6.23. The van der Waals surface area contributed by atoms with Gasteiger partial charge in [-0.2, -0.15) is 0 Å². The van der Waals surface area contributed by atoms with Gasteiger partial charge in [0, 0.05) is 37.5 Å². The largest absolute Gasteiger partial charge is 0.493 e. The van der Waals surface area contributed by atoms with Gasteiger partial charge in [-0.25, -0.2) is 5.43 Å². The quantitative estimate of drug-likeness (QED) is 0.649. The molecule has 0 saturated carbocycles. The van der Waals surface area contributed by atoms with Gasteiger partial charge in [0.25, 0.3) is 0 Å². The average Bonchev–Trinajstić information content (AvgIpc) is 3.42. The van der Waals surface area contributed by atoms with E-state index in [1.54, 1.807) is 7.11 Å². The van der Waals surface area contributed by atoms with Crippen molar-refractivity contribution in [2.24, 2.45) is 5.92 Å². The summed E-state index contributed by atoms with van der Waals surface area (Å²) in [7, 11) is 1.69. The molecule has 2 aromatic carbocycles. The van der Waals surface area contributed by atoms with E-state index in [4.69, 9.17) is 13.9 Å². The zero-order valence-corrected chi connectivity index (χ0v) is 17.3. The highest BCUT2D eigenvalue weighted by atomic mass is 16.5. The number of nitrogens with one attached hydrogen (secondary N) is 2. The van der Waals surface area contributed by atoms with E-state index < -0.39 is 0 Å². The Kier molecular flexibility index (Phi) is 5.62. The zero-order valence-electron chi connectivity index (χ0n) is 17.3. The second kappa shape index (κ2) is 8.68. The SMILES string of the molecule is COc1ccccc1OC1CCN(CC2CNNC2c2cc3ccccc3o2)CC1. The Morgan fingerprint density at radius 1 is 1.03 bits per heavy atom. The second-order valence-electron chi connectivity index (χ2n) is 8.22. The molecule has 3 heterocycles. The van der Waals surface area contributed by atoms with Gasteiger partial charge in [-0.15, -0.1) is 0 Å². The molecule has 0 radical (unpaired) electrons. The van der Waals surface area contributed by atoms with E-state index in [2.05, 4.69) is 34.0 Å². The molecule has 6 heteroatoms. The molecule has 2 atom stereocenters. The van der Waals surface area contributed by atoms with Gasteiger partial charge in [0.05, 0.1) is 13.2 Å². The molecule has 5 rings (SSSR count). The van der Waals surface area contributed by atoms with Crippen LogP contribution >= 0.6 is 0 Å². The number of fused-ring (bicyclic) bond motifs is 1. The molecule has 2 saturated heterocycles. The Morgan fingerprint density at radius 3 is 2.60 bits per heavy atom. The Labute approximate surface area is 177 Å². The number of hydrogen-bond acceptors (Lipinski definition) is 6. The fourth-order valence-electron chi connectivity index (χ4n) is 4.60. The lowest BCUT2D eigenvalue weighted by atomic mass is 9.97. The first-order valence-corrected chi connectivity index (χ1v) is 10.8. The van der Waals surface area contributed by atoms with Crippen molar-refractivity contribution in [2.45, 2.75) is 25.0 Å². The molecule has 3 aromatic rings. The van der Waals surface area contributed by atoms with E-state index in [9.17, 15) is 0 Å². The lowest BCUT2D eigenvalue weighted by Crippen LogP contribution is -2.41. The number of benzene rings is 2. The maximum Gasteiger partial charge on any atom is 0.161 e. The summed E-state index contributed by atoms with van der Waals surface area (Å²) in [6, 6.07) is 18.5. The van der Waals surface area contributed by atoms with E-state index in [1.807, 2.05) is 36.4 Å². The van der Waals surface area contributed by atoms with E-state index in [-0.39, 0.29) is 12.1 Å². The van der Waals surface area contributed by atoms with Crippen LogP contribution in [0.15, 0.2) is 59.0 Å². The maximum absolute atomic E-state index is 6.23. The first kappa shape index (κ1) is 19.4. The van der Waals surface area contributed by atoms with E-state index in [1.165, 1.54) is 0 Å². The number of methoxy groups -OCH3 is 1. The van der Waals surface area contributed by atoms with Gasteiger partial charge in [0.1, 0.15) is 17.4 Å². The minimum Gasteiger partial charge on any atom is -0.493 e. The second-order valence-corrected chi connectivity index (χ2v) is 8.22. The lowest BCUT2D eigenvalue weighted by Gasteiger charge is -2.34. The fraction of sp³-hybridized carbons (Fsp3) is 0.417. The Morgan fingerprint density at radius 2 is 1.80 bits per heavy atom. The summed E-state index contributed by atoms with van der Waals surface area (Å²) in [5, 5.41) is 1.16. The minimum atomic E-state index is 0.194. The van der Waals surface area contributed by atoms with Gasteiger partial charge in [0.2, 0.25) is 0 Å². The predicted molar refractivity (Wildman–Crippen MR) is 117 cm³/mol. The first-order chi connectivity index (χ1) is 14.8. The summed E-state index contributed by atoms with van der Waals surface area (Å²) >= 11 is 0. The van der Waals surface area contributed by atoms with Crippen molar-refractivity contribution in [3.05, 3.63) is 60.4 Å². The van der Waals surface area contributed by atoms with E-state index in [0.717, 1.165) is 67.2 Å². The number of rotatable bonds is 6. The highest BCUT2D eigenvalue weighted by Crippen LogP contribution is 2.32. The van der Waals surface area contributed by atoms with Gasteiger partial charge in [-0.05, 0) is 37.1 Å². The molecule has 158 valence electrons. The average molecular weight is 408 g/mol. The smallest absolute Gasteiger partial charge is 0.161 e. The van der Waals surface area contributed by atoms with E-state index >= 15 is 0 Å². The van der Waals surface area contributed by atoms with Crippen molar-refractivity contribution in [2.75, 3.05) is 33.3 Å². The van der Waals surface area contributed by atoms with Crippen molar-refractivity contribution in [1.82, 2.24) is 15.8 Å². The van der Waals surface area contributed by atoms with Crippen molar-refractivity contribution in [3.8, 4) is 11.5 Å². The normalized spacial score (nSPS) is 23.1. The van der Waals surface area contributed by atoms with Crippen LogP contribution < -0.4 is 20.3 Å². The van der Waals surface area contributed by atoms with Crippen LogP contribution in [-0.4, -0.2) is 44.3 Å². The Balaban J connectivity index is 1.18. The molecule has 2 N–H and O–H groups in total. The van der Waals surface area contributed by atoms with Crippen LogP contribution in [0.1, 0.15) is 24.6 Å². The number of furan rings is 1. The summed E-state index contributed by atoms with van der Waals surface area (Å²) in [5.74, 6) is 3.13. The predicted octanol–water partition coefficient (Wildman–Crippen LogP) is 3.75. The van der Waals surface area contributed by atoms with Gasteiger partial charge >= 0.3 is 0 Å². The number of ether oxygens (including phenoxy) is 2. The van der Waals surface area contributed by atoms with Crippen LogP contribution in [0, 0.1) is 5.92 Å². The number of nitrogens with zero attached hydrogens (tertiary/aromatic N) is 1. The number of likely N-dealkylation sites (tertiary alicyclic amines) is 1. The molecular formula is C24H29N3O3. The van der Waals surface area contributed by atoms with Crippen LogP contribution in [0.2, 0.25) is 0 Å². The van der Waals surface area contributed by atoms with Crippen molar-refractivity contribution in [1.29, 1.82) is 0 Å². The molecule has 2 aliphatic rings. The molecule has 0 spiro atoms. The molecule has 0 amide bonds. The summed E-state index contributed by atoms with van der Waals surface area (Å²) in [6.07, 6.45) is 2.30. The molecule has 0 bridgehead atoms. The van der Waals surface area contributed by atoms with Crippen molar-refractivity contribution < 1.29 is 13.9 Å². The van der Waals surface area contributed by atoms with Crippen LogP contribution in [0.5, 0.6) is 11.5 Å². The molecule has 2 unspecified atom stereocenters. The van der Waals surface area contributed by atoms with Crippen LogP contribution in [0.4, 0.5) is 0 Å². The highest BCUT2D eigenvalue weighted by molar-refractivity contribution is 5.77. The van der Waals surface area contributed by atoms with Gasteiger partial charge in [-0.1, -0.05) is 30.3 Å². The standard InChI is InChI=1S/C24H29N3O3/c1-28-21-8-4-5-9-22(21)29-19-10-12-27(13-11-19)16-18-15-25-26-24(18)23-14-17-6-2-3-7-20(17)30-23/h2-9,14,18-19,24-26H,10-13,15-16H2,1H3. The van der Waals surface area contributed by atoms with Gasteiger partial charge in [0.15, 0.2) is 11.5 Å². The molecular weight excluding hydrogens is 378 g/mol. The number of para-hydroxylation sites is 3. The molecule has 2 fully saturated rings. The highest BCUT2D eigenvalue weighted by Gasteiger charge is 2.33. The first-order valence-electron chi connectivity index (χ1n) is 10.8. The van der Waals surface area contributed by atoms with Crippen LogP contribution in [0.25, 0.3) is 11.0 Å². The van der Waals surface area contributed by atoms with E-state index in [0.29, 0.717) is 5.92 Å². The van der Waals surface area contributed by atoms with Gasteiger partial charge in [-0.3, -0.25) is 5.43 Å². The number of hydrogen-bond donors (Lipinski definition) is 2.